The summed E-state index contributed by atoms with van der Waals surface area (Å²) in [5.41, 5.74) is 3.00. The van der Waals surface area contributed by atoms with E-state index in [2.05, 4.69) is 48.3 Å². The molecular weight excluding hydrogens is 256 g/mol. The minimum absolute atomic E-state index is 0.759. The number of fused-ring (bicyclic) bond motifs is 1. The SMILES string of the molecule is CC1CC(C)CC(NCCCN2CCc3ccccc32)C1. The molecule has 1 saturated carbocycles. The van der Waals surface area contributed by atoms with Gasteiger partial charge in [-0.2, -0.15) is 0 Å². The van der Waals surface area contributed by atoms with Crippen molar-refractivity contribution in [2.24, 2.45) is 11.8 Å². The van der Waals surface area contributed by atoms with Crippen molar-refractivity contribution in [3.05, 3.63) is 29.8 Å². The van der Waals surface area contributed by atoms with Gasteiger partial charge in [0.2, 0.25) is 0 Å². The summed E-state index contributed by atoms with van der Waals surface area (Å²) in [6.45, 7) is 8.39. The predicted molar refractivity (Wildman–Crippen MR) is 90.9 cm³/mol. The van der Waals surface area contributed by atoms with Crippen LogP contribution in [0.5, 0.6) is 0 Å². The van der Waals surface area contributed by atoms with Crippen LogP contribution >= 0.6 is 0 Å². The van der Waals surface area contributed by atoms with Gasteiger partial charge >= 0.3 is 0 Å². The molecule has 1 aliphatic carbocycles. The highest BCUT2D eigenvalue weighted by Gasteiger charge is 2.23. The summed E-state index contributed by atoms with van der Waals surface area (Å²) in [6, 6.07) is 9.64. The first-order chi connectivity index (χ1) is 10.2. The Balaban J connectivity index is 1.39. The van der Waals surface area contributed by atoms with Crippen LogP contribution in [0.25, 0.3) is 0 Å². The van der Waals surface area contributed by atoms with E-state index < -0.39 is 0 Å². The molecule has 1 aliphatic heterocycles. The van der Waals surface area contributed by atoms with Gasteiger partial charge in [0.15, 0.2) is 0 Å². The molecule has 0 amide bonds. The average Bonchev–Trinajstić information content (AvgIpc) is 2.86. The molecule has 1 fully saturated rings. The van der Waals surface area contributed by atoms with Gasteiger partial charge in [-0.15, -0.1) is 0 Å². The lowest BCUT2D eigenvalue weighted by molar-refractivity contribution is 0.239. The fraction of sp³-hybridized carbons (Fsp3) is 0.684. The van der Waals surface area contributed by atoms with Gasteiger partial charge in [-0.05, 0) is 62.1 Å². The second-order valence-electron chi connectivity index (χ2n) is 7.29. The Hall–Kier alpha value is -1.02. The van der Waals surface area contributed by atoms with E-state index in [1.54, 1.807) is 0 Å². The molecule has 2 atom stereocenters. The summed E-state index contributed by atoms with van der Waals surface area (Å²) < 4.78 is 0. The number of rotatable bonds is 5. The van der Waals surface area contributed by atoms with Gasteiger partial charge in [-0.3, -0.25) is 0 Å². The van der Waals surface area contributed by atoms with Crippen molar-refractivity contribution in [1.82, 2.24) is 5.32 Å². The highest BCUT2D eigenvalue weighted by molar-refractivity contribution is 5.57. The van der Waals surface area contributed by atoms with E-state index in [9.17, 15) is 0 Å². The van der Waals surface area contributed by atoms with E-state index in [-0.39, 0.29) is 0 Å². The van der Waals surface area contributed by atoms with Crippen LogP contribution in [0.3, 0.4) is 0 Å². The maximum atomic E-state index is 3.80. The van der Waals surface area contributed by atoms with Gasteiger partial charge in [0, 0.05) is 24.8 Å². The molecule has 0 aromatic heterocycles. The quantitative estimate of drug-likeness (QED) is 0.827. The first-order valence-electron chi connectivity index (χ1n) is 8.78. The zero-order valence-corrected chi connectivity index (χ0v) is 13.6. The zero-order chi connectivity index (χ0) is 14.7. The van der Waals surface area contributed by atoms with Crippen LogP contribution in [-0.4, -0.2) is 25.7 Å². The fourth-order valence-corrected chi connectivity index (χ4v) is 4.33. The summed E-state index contributed by atoms with van der Waals surface area (Å²) in [5, 5.41) is 3.80. The Morgan fingerprint density at radius 1 is 1.10 bits per heavy atom. The van der Waals surface area contributed by atoms with E-state index >= 15 is 0 Å². The molecule has 3 rings (SSSR count). The van der Waals surface area contributed by atoms with Crippen LogP contribution in [0.2, 0.25) is 0 Å². The Kier molecular flexibility index (Phi) is 4.84. The van der Waals surface area contributed by atoms with Crippen molar-refractivity contribution in [3.8, 4) is 0 Å². The molecule has 1 N–H and O–H groups in total. The topological polar surface area (TPSA) is 15.3 Å². The number of hydrogen-bond donors (Lipinski definition) is 1. The second-order valence-corrected chi connectivity index (χ2v) is 7.29. The first-order valence-corrected chi connectivity index (χ1v) is 8.78. The van der Waals surface area contributed by atoms with Crippen LogP contribution in [0.4, 0.5) is 5.69 Å². The lowest BCUT2D eigenvalue weighted by atomic mass is 9.80. The highest BCUT2D eigenvalue weighted by Crippen LogP contribution is 2.29. The van der Waals surface area contributed by atoms with Gasteiger partial charge in [0.05, 0.1) is 0 Å². The van der Waals surface area contributed by atoms with Crippen molar-refractivity contribution in [1.29, 1.82) is 0 Å². The van der Waals surface area contributed by atoms with Crippen LogP contribution in [0.1, 0.15) is 45.1 Å². The summed E-state index contributed by atoms with van der Waals surface area (Å²) in [4.78, 5) is 2.56. The molecule has 2 heteroatoms. The minimum atomic E-state index is 0.759. The molecule has 0 saturated heterocycles. The van der Waals surface area contributed by atoms with Gasteiger partial charge in [-0.1, -0.05) is 32.0 Å². The molecule has 2 aliphatic rings. The van der Waals surface area contributed by atoms with E-state index in [4.69, 9.17) is 0 Å². The monoisotopic (exact) mass is 286 g/mol. The maximum absolute atomic E-state index is 3.80. The molecular formula is C19H30N2. The number of hydrogen-bond acceptors (Lipinski definition) is 2. The maximum Gasteiger partial charge on any atom is 0.0399 e. The molecule has 1 heterocycles. The molecule has 1 aromatic carbocycles. The van der Waals surface area contributed by atoms with E-state index in [1.165, 1.54) is 63.0 Å². The van der Waals surface area contributed by atoms with Crippen LogP contribution in [0.15, 0.2) is 24.3 Å². The predicted octanol–water partition coefficient (Wildman–Crippen LogP) is 3.85. The van der Waals surface area contributed by atoms with Crippen LogP contribution in [-0.2, 0) is 6.42 Å². The molecule has 0 bridgehead atoms. The summed E-state index contributed by atoms with van der Waals surface area (Å²) in [5.74, 6) is 1.80. The molecule has 1 aromatic rings. The molecule has 0 radical (unpaired) electrons. The number of nitrogens with one attached hydrogen (secondary N) is 1. The normalized spacial score (nSPS) is 28.7. The smallest absolute Gasteiger partial charge is 0.0399 e. The Bertz CT molecular complexity index is 447. The van der Waals surface area contributed by atoms with E-state index in [0.29, 0.717) is 0 Å². The fourth-order valence-electron chi connectivity index (χ4n) is 4.33. The Labute approximate surface area is 129 Å². The number of para-hydroxylation sites is 1. The van der Waals surface area contributed by atoms with Crippen molar-refractivity contribution in [2.45, 2.75) is 52.0 Å². The van der Waals surface area contributed by atoms with Crippen molar-refractivity contribution in [2.75, 3.05) is 24.5 Å². The highest BCUT2D eigenvalue weighted by atomic mass is 15.1. The van der Waals surface area contributed by atoms with Crippen molar-refractivity contribution >= 4 is 5.69 Å². The Morgan fingerprint density at radius 2 is 1.86 bits per heavy atom. The number of anilines is 1. The van der Waals surface area contributed by atoms with E-state index in [1.807, 2.05) is 0 Å². The zero-order valence-electron chi connectivity index (χ0n) is 13.6. The average molecular weight is 286 g/mol. The van der Waals surface area contributed by atoms with Crippen LogP contribution < -0.4 is 10.2 Å². The van der Waals surface area contributed by atoms with Crippen molar-refractivity contribution < 1.29 is 0 Å². The lowest BCUT2D eigenvalue weighted by Gasteiger charge is -2.32. The van der Waals surface area contributed by atoms with Crippen molar-refractivity contribution in [3.63, 3.8) is 0 Å². The largest absolute Gasteiger partial charge is 0.371 e. The third-order valence-electron chi connectivity index (χ3n) is 5.20. The van der Waals surface area contributed by atoms with Gasteiger partial charge in [-0.25, -0.2) is 0 Å². The molecule has 2 nitrogen and oxygen atoms in total. The number of nitrogens with zero attached hydrogens (tertiary/aromatic N) is 1. The van der Waals surface area contributed by atoms with E-state index in [0.717, 1.165) is 17.9 Å². The third kappa shape index (κ3) is 3.79. The van der Waals surface area contributed by atoms with Gasteiger partial charge in [0.1, 0.15) is 0 Å². The van der Waals surface area contributed by atoms with Gasteiger partial charge < -0.3 is 10.2 Å². The lowest BCUT2D eigenvalue weighted by Crippen LogP contribution is -2.37. The Morgan fingerprint density at radius 3 is 2.67 bits per heavy atom. The minimum Gasteiger partial charge on any atom is -0.371 e. The first kappa shape index (κ1) is 14.9. The molecule has 116 valence electrons. The molecule has 21 heavy (non-hydrogen) atoms. The standard InChI is InChI=1S/C19H30N2/c1-15-12-16(2)14-18(13-15)20-9-5-10-21-11-8-17-6-3-4-7-19(17)21/h3-4,6-7,15-16,18,20H,5,8-14H2,1-2H3. The molecule has 0 spiro atoms. The second kappa shape index (κ2) is 6.83. The van der Waals surface area contributed by atoms with Gasteiger partial charge in [0.25, 0.3) is 0 Å². The summed E-state index contributed by atoms with van der Waals surface area (Å²) in [7, 11) is 0. The van der Waals surface area contributed by atoms with Crippen LogP contribution in [0, 0.1) is 11.8 Å². The molecule has 2 unspecified atom stereocenters. The summed E-state index contributed by atoms with van der Waals surface area (Å²) >= 11 is 0. The number of benzene rings is 1. The summed E-state index contributed by atoms with van der Waals surface area (Å²) in [6.07, 6.45) is 6.64. The third-order valence-corrected chi connectivity index (χ3v) is 5.20.